The summed E-state index contributed by atoms with van der Waals surface area (Å²) in [6.07, 6.45) is 0.717. The van der Waals surface area contributed by atoms with E-state index in [1.807, 2.05) is 0 Å². The number of esters is 1. The minimum Gasteiger partial charge on any atom is -0.469 e. The highest BCUT2D eigenvalue weighted by molar-refractivity contribution is 5.93. The Morgan fingerprint density at radius 3 is 2.55 bits per heavy atom. The van der Waals surface area contributed by atoms with Crippen LogP contribution in [-0.4, -0.2) is 18.9 Å². The van der Waals surface area contributed by atoms with Crippen molar-refractivity contribution in [2.45, 2.75) is 19.3 Å². The summed E-state index contributed by atoms with van der Waals surface area (Å²) in [5.74, 6) is -0.843. The molecule has 0 radical (unpaired) electrons. The monoisotopic (exact) mass is 155 g/mol. The Hall–Kier alpha value is -1.37. The zero-order chi connectivity index (χ0) is 8.69. The van der Waals surface area contributed by atoms with E-state index in [2.05, 4.69) is 4.74 Å². The highest BCUT2D eigenvalue weighted by atomic mass is 16.5. The first-order chi connectivity index (χ1) is 5.20. The maximum atomic E-state index is 10.5. The van der Waals surface area contributed by atoms with Gasteiger partial charge in [0.15, 0.2) is 0 Å². The highest BCUT2D eigenvalue weighted by Gasteiger charge is 2.02. The number of ether oxygens (including phenoxy) is 1. The molecular weight excluding hydrogens is 146 g/mol. The van der Waals surface area contributed by atoms with Crippen LogP contribution >= 0.6 is 0 Å². The maximum absolute atomic E-state index is 10.5. The third-order valence-electron chi connectivity index (χ3n) is 1.14. The number of rotatable bonds is 4. The predicted octanol–water partition coefficient (Wildman–Crippen LogP) is 0.422. The van der Waals surface area contributed by atoms with Crippen LogP contribution in [0.2, 0.25) is 0 Å². The summed E-state index contributed by atoms with van der Waals surface area (Å²) in [6.45, 7) is 0. The van der Waals surface area contributed by atoms with Crippen LogP contribution in [0.4, 0.5) is 0 Å². The fraction of sp³-hybridized carbons (Fsp3) is 0.571. The minimum atomic E-state index is -0.492. The fourth-order valence-corrected chi connectivity index (χ4v) is 0.551. The third kappa shape index (κ3) is 5.09. The number of nitrogens with zero attached hydrogens (tertiary/aromatic N) is 1. The third-order valence-corrected chi connectivity index (χ3v) is 1.14. The molecule has 0 spiro atoms. The number of carbonyl (C=O) groups is 2. The van der Waals surface area contributed by atoms with Gasteiger partial charge in [0.05, 0.1) is 7.11 Å². The van der Waals surface area contributed by atoms with Gasteiger partial charge in [0, 0.05) is 12.8 Å². The Kier molecular flexibility index (Phi) is 4.74. The lowest BCUT2D eigenvalue weighted by atomic mass is 10.2. The van der Waals surface area contributed by atoms with Gasteiger partial charge in [-0.25, -0.2) is 0 Å². The number of nitriles is 1. The Labute approximate surface area is 64.8 Å². The van der Waals surface area contributed by atoms with Crippen molar-refractivity contribution in [3.8, 4) is 6.07 Å². The number of ketones is 1. The van der Waals surface area contributed by atoms with Crippen LogP contribution in [0, 0.1) is 11.3 Å². The smallest absolute Gasteiger partial charge is 0.305 e. The van der Waals surface area contributed by atoms with E-state index in [4.69, 9.17) is 5.26 Å². The van der Waals surface area contributed by atoms with Crippen molar-refractivity contribution in [1.82, 2.24) is 0 Å². The zero-order valence-electron chi connectivity index (χ0n) is 6.29. The average Bonchev–Trinajstić information content (AvgIpc) is 2.04. The molecule has 0 atom stereocenters. The van der Waals surface area contributed by atoms with E-state index < -0.39 is 5.78 Å². The quantitative estimate of drug-likeness (QED) is 0.436. The maximum Gasteiger partial charge on any atom is 0.305 e. The second-order valence-electron chi connectivity index (χ2n) is 1.96. The van der Waals surface area contributed by atoms with Crippen molar-refractivity contribution in [3.63, 3.8) is 0 Å². The molecule has 0 aliphatic carbocycles. The first kappa shape index (κ1) is 9.63. The van der Waals surface area contributed by atoms with Crippen molar-refractivity contribution in [3.05, 3.63) is 0 Å². The van der Waals surface area contributed by atoms with E-state index >= 15 is 0 Å². The van der Waals surface area contributed by atoms with Gasteiger partial charge >= 0.3 is 5.97 Å². The molecule has 0 amide bonds. The Morgan fingerprint density at radius 2 is 2.09 bits per heavy atom. The normalized spacial score (nSPS) is 8.36. The summed E-state index contributed by atoms with van der Waals surface area (Å²) in [4.78, 5) is 20.8. The van der Waals surface area contributed by atoms with Gasteiger partial charge in [-0.2, -0.15) is 5.26 Å². The second kappa shape index (κ2) is 5.42. The van der Waals surface area contributed by atoms with Crippen molar-refractivity contribution >= 4 is 11.8 Å². The molecule has 0 aliphatic rings. The van der Waals surface area contributed by atoms with Gasteiger partial charge in [-0.05, 0) is 6.42 Å². The molecule has 0 aromatic carbocycles. The summed E-state index contributed by atoms with van der Waals surface area (Å²) in [6, 6.07) is 1.47. The highest BCUT2D eigenvalue weighted by Crippen LogP contribution is 1.96. The number of carbonyl (C=O) groups excluding carboxylic acids is 2. The molecule has 0 bridgehead atoms. The van der Waals surface area contributed by atoms with Crippen LogP contribution in [0.5, 0.6) is 0 Å². The molecule has 0 unspecified atom stereocenters. The van der Waals surface area contributed by atoms with E-state index in [0.717, 1.165) is 0 Å². The summed E-state index contributed by atoms with van der Waals surface area (Å²) in [5.41, 5.74) is 0. The lowest BCUT2D eigenvalue weighted by molar-refractivity contribution is -0.140. The van der Waals surface area contributed by atoms with Crippen molar-refractivity contribution in [2.75, 3.05) is 7.11 Å². The Morgan fingerprint density at radius 1 is 1.45 bits per heavy atom. The number of methoxy groups -OCH3 is 1. The molecule has 0 fully saturated rings. The van der Waals surface area contributed by atoms with Gasteiger partial charge < -0.3 is 4.74 Å². The number of hydrogen-bond donors (Lipinski definition) is 0. The topological polar surface area (TPSA) is 67.2 Å². The fourth-order valence-electron chi connectivity index (χ4n) is 0.551. The van der Waals surface area contributed by atoms with Crippen LogP contribution in [0.15, 0.2) is 0 Å². The van der Waals surface area contributed by atoms with Gasteiger partial charge in [-0.1, -0.05) is 0 Å². The molecule has 0 heterocycles. The molecule has 4 heteroatoms. The predicted molar refractivity (Wildman–Crippen MR) is 36.5 cm³/mol. The molecule has 4 nitrogen and oxygen atoms in total. The van der Waals surface area contributed by atoms with Gasteiger partial charge in [-0.15, -0.1) is 0 Å². The van der Waals surface area contributed by atoms with E-state index in [-0.39, 0.29) is 18.8 Å². The largest absolute Gasteiger partial charge is 0.469 e. The number of hydrogen-bond acceptors (Lipinski definition) is 4. The SMILES string of the molecule is COC(=O)CCCC(=O)C#N. The minimum absolute atomic E-state index is 0.131. The average molecular weight is 155 g/mol. The van der Waals surface area contributed by atoms with Crippen LogP contribution in [-0.2, 0) is 14.3 Å². The van der Waals surface area contributed by atoms with Crippen molar-refractivity contribution in [1.29, 1.82) is 5.26 Å². The van der Waals surface area contributed by atoms with Crippen molar-refractivity contribution < 1.29 is 14.3 Å². The molecule has 0 saturated heterocycles. The molecule has 0 N–H and O–H groups in total. The van der Waals surface area contributed by atoms with E-state index in [1.165, 1.54) is 13.2 Å². The Balaban J connectivity index is 3.36. The number of Topliss-reactive ketones (excluding diaryl/α,β-unsaturated/α-hetero) is 1. The van der Waals surface area contributed by atoms with Gasteiger partial charge in [0.1, 0.15) is 6.07 Å². The molecule has 0 rings (SSSR count). The molecule has 60 valence electrons. The van der Waals surface area contributed by atoms with Gasteiger partial charge in [0.25, 0.3) is 0 Å². The van der Waals surface area contributed by atoms with E-state index in [0.29, 0.717) is 6.42 Å². The molecule has 0 aliphatic heterocycles. The lowest BCUT2D eigenvalue weighted by Crippen LogP contribution is -2.01. The molecule has 11 heavy (non-hydrogen) atoms. The van der Waals surface area contributed by atoms with Crippen molar-refractivity contribution in [2.24, 2.45) is 0 Å². The van der Waals surface area contributed by atoms with Gasteiger partial charge in [0.2, 0.25) is 5.78 Å². The lowest BCUT2D eigenvalue weighted by Gasteiger charge is -1.94. The summed E-state index contributed by atoms with van der Waals surface area (Å²) >= 11 is 0. The standard InChI is InChI=1S/C7H9NO3/c1-11-7(10)4-2-3-6(9)5-8/h2-4H2,1H3. The summed E-state index contributed by atoms with van der Waals surface area (Å²) < 4.78 is 4.33. The molecule has 0 saturated carbocycles. The molecule has 0 aromatic rings. The summed E-state index contributed by atoms with van der Waals surface area (Å²) in [5, 5.41) is 8.04. The summed E-state index contributed by atoms with van der Waals surface area (Å²) in [7, 11) is 1.29. The van der Waals surface area contributed by atoms with Crippen LogP contribution < -0.4 is 0 Å². The first-order valence-electron chi connectivity index (χ1n) is 3.20. The zero-order valence-corrected chi connectivity index (χ0v) is 6.29. The van der Waals surface area contributed by atoms with E-state index in [9.17, 15) is 9.59 Å². The van der Waals surface area contributed by atoms with Crippen LogP contribution in [0.25, 0.3) is 0 Å². The molecular formula is C7H9NO3. The van der Waals surface area contributed by atoms with E-state index in [1.54, 1.807) is 0 Å². The van der Waals surface area contributed by atoms with Crippen LogP contribution in [0.3, 0.4) is 0 Å². The molecule has 0 aromatic heterocycles. The first-order valence-corrected chi connectivity index (χ1v) is 3.20. The van der Waals surface area contributed by atoms with Gasteiger partial charge in [-0.3, -0.25) is 9.59 Å². The second-order valence-corrected chi connectivity index (χ2v) is 1.96. The Bertz CT molecular complexity index is 192. The van der Waals surface area contributed by atoms with Crippen LogP contribution in [0.1, 0.15) is 19.3 Å².